The average Bonchev–Trinajstić information content (AvgIpc) is 2.40. The zero-order valence-corrected chi connectivity index (χ0v) is 13.8. The molecule has 0 aromatic heterocycles. The first-order chi connectivity index (χ1) is 10.3. The molecule has 0 rings (SSSR count). The Kier molecular flexibility index (Phi) is 8.35. The summed E-state index contributed by atoms with van der Waals surface area (Å²) < 4.78 is 14.7. The van der Waals surface area contributed by atoms with Crippen LogP contribution in [-0.4, -0.2) is 57.4 Å². The largest absolute Gasteiger partial charge is 0.480 e. The zero-order valence-electron chi connectivity index (χ0n) is 12.9. The van der Waals surface area contributed by atoms with Crippen LogP contribution < -0.4 is 16.4 Å². The predicted octanol–water partition coefficient (Wildman–Crippen LogP) is -1.85. The number of hydrogen-bond acceptors (Lipinski definition) is 6. The molecule has 7 N–H and O–H groups in total. The number of carboxylic acids is 1. The van der Waals surface area contributed by atoms with E-state index in [1.165, 1.54) is 6.92 Å². The third kappa shape index (κ3) is 8.62. The summed E-state index contributed by atoms with van der Waals surface area (Å²) in [4.78, 5) is 51.6. The Morgan fingerprint density at radius 2 is 1.65 bits per heavy atom. The van der Waals surface area contributed by atoms with Crippen molar-refractivity contribution in [1.29, 1.82) is 0 Å². The molecule has 0 aromatic rings. The van der Waals surface area contributed by atoms with E-state index in [9.17, 15) is 18.9 Å². The molecule has 0 unspecified atom stereocenters. The van der Waals surface area contributed by atoms with Gasteiger partial charge in [0.15, 0.2) is 0 Å². The number of phosphoric acid groups is 1. The summed E-state index contributed by atoms with van der Waals surface area (Å²) in [6.07, 6.45) is 0. The van der Waals surface area contributed by atoms with E-state index in [1.807, 2.05) is 0 Å². The second kappa shape index (κ2) is 8.94. The van der Waals surface area contributed by atoms with Crippen LogP contribution in [0.2, 0.25) is 0 Å². The second-order valence-electron chi connectivity index (χ2n) is 5.19. The van der Waals surface area contributed by atoms with E-state index >= 15 is 0 Å². The van der Waals surface area contributed by atoms with E-state index in [0.717, 1.165) is 0 Å². The summed E-state index contributed by atoms with van der Waals surface area (Å²) in [5.41, 5.74) is 5.42. The summed E-state index contributed by atoms with van der Waals surface area (Å²) in [7, 11) is -4.77. The van der Waals surface area contributed by atoms with Gasteiger partial charge in [0.25, 0.3) is 0 Å². The van der Waals surface area contributed by atoms with Crippen molar-refractivity contribution >= 4 is 25.6 Å². The maximum atomic E-state index is 12.0. The third-order valence-corrected chi connectivity index (χ3v) is 3.22. The molecular formula is C11H22N3O8P. The SMILES string of the molecule is CC(C)[C@H](NC(=O)[C@@H](N)COP(=O)(O)O)C(=O)N[C@@H](C)C(=O)O. The van der Waals surface area contributed by atoms with Crippen molar-refractivity contribution in [1.82, 2.24) is 10.6 Å². The minimum Gasteiger partial charge on any atom is -0.480 e. The minimum atomic E-state index is -4.77. The Balaban J connectivity index is 4.74. The Bertz CT molecular complexity index is 492. The smallest absolute Gasteiger partial charge is 0.469 e. The normalized spacial score (nSPS) is 15.6. The maximum absolute atomic E-state index is 12.0. The Hall–Kier alpha value is -1.52. The molecule has 11 nitrogen and oxygen atoms in total. The monoisotopic (exact) mass is 355 g/mol. The fraction of sp³-hybridized carbons (Fsp3) is 0.727. The van der Waals surface area contributed by atoms with Gasteiger partial charge in [0, 0.05) is 0 Å². The topological polar surface area (TPSA) is 188 Å². The van der Waals surface area contributed by atoms with E-state index in [4.69, 9.17) is 20.6 Å². The number of phosphoric ester groups is 1. The molecule has 3 atom stereocenters. The lowest BCUT2D eigenvalue weighted by atomic mass is 10.0. The number of carboxylic acid groups (broad SMARTS) is 1. The number of amides is 2. The van der Waals surface area contributed by atoms with Gasteiger partial charge < -0.3 is 31.3 Å². The molecule has 0 aromatic carbocycles. The Morgan fingerprint density at radius 3 is 2.04 bits per heavy atom. The van der Waals surface area contributed by atoms with E-state index in [1.54, 1.807) is 13.8 Å². The number of nitrogens with two attached hydrogens (primary N) is 1. The van der Waals surface area contributed by atoms with Crippen molar-refractivity contribution in [2.24, 2.45) is 11.7 Å². The summed E-state index contributed by atoms with van der Waals surface area (Å²) in [5.74, 6) is -3.20. The van der Waals surface area contributed by atoms with Gasteiger partial charge in [0.05, 0.1) is 6.61 Å². The van der Waals surface area contributed by atoms with Crippen LogP contribution in [0.4, 0.5) is 0 Å². The maximum Gasteiger partial charge on any atom is 0.469 e. The van der Waals surface area contributed by atoms with Crippen LogP contribution >= 0.6 is 7.82 Å². The molecule has 134 valence electrons. The highest BCUT2D eigenvalue weighted by Crippen LogP contribution is 2.35. The molecule has 0 saturated heterocycles. The first-order valence-corrected chi connectivity index (χ1v) is 8.17. The molecule has 0 aliphatic rings. The highest BCUT2D eigenvalue weighted by molar-refractivity contribution is 7.46. The van der Waals surface area contributed by atoms with Gasteiger partial charge in [-0.15, -0.1) is 0 Å². The first kappa shape index (κ1) is 21.5. The fourth-order valence-corrected chi connectivity index (χ4v) is 1.77. The zero-order chi connectivity index (χ0) is 18.4. The van der Waals surface area contributed by atoms with Crippen LogP contribution in [0.3, 0.4) is 0 Å². The van der Waals surface area contributed by atoms with Gasteiger partial charge in [-0.2, -0.15) is 0 Å². The van der Waals surface area contributed by atoms with Gasteiger partial charge in [-0.05, 0) is 12.8 Å². The van der Waals surface area contributed by atoms with Crippen molar-refractivity contribution in [2.75, 3.05) is 6.61 Å². The number of carbonyl (C=O) groups is 3. The molecule has 0 aliphatic carbocycles. The lowest BCUT2D eigenvalue weighted by Gasteiger charge is -2.24. The number of hydrogen-bond donors (Lipinski definition) is 6. The van der Waals surface area contributed by atoms with E-state index in [2.05, 4.69) is 15.2 Å². The van der Waals surface area contributed by atoms with Crippen LogP contribution in [0.1, 0.15) is 20.8 Å². The molecule has 0 spiro atoms. The molecule has 0 heterocycles. The van der Waals surface area contributed by atoms with Crippen LogP contribution in [0.15, 0.2) is 0 Å². The Labute approximate surface area is 132 Å². The summed E-state index contributed by atoms with van der Waals surface area (Å²) >= 11 is 0. The van der Waals surface area contributed by atoms with Crippen molar-refractivity contribution in [2.45, 2.75) is 38.9 Å². The molecule has 0 radical (unpaired) electrons. The number of rotatable bonds is 9. The van der Waals surface area contributed by atoms with Gasteiger partial charge >= 0.3 is 13.8 Å². The van der Waals surface area contributed by atoms with Crippen molar-refractivity contribution in [3.63, 3.8) is 0 Å². The lowest BCUT2D eigenvalue weighted by Crippen LogP contribution is -2.56. The molecule has 0 saturated carbocycles. The molecule has 0 fully saturated rings. The number of nitrogens with one attached hydrogen (secondary N) is 2. The van der Waals surface area contributed by atoms with Crippen molar-refractivity contribution in [3.8, 4) is 0 Å². The molecule has 0 bridgehead atoms. The average molecular weight is 355 g/mol. The molecular weight excluding hydrogens is 333 g/mol. The summed E-state index contributed by atoms with van der Waals surface area (Å²) in [6.45, 7) is 3.76. The van der Waals surface area contributed by atoms with Crippen LogP contribution in [-0.2, 0) is 23.5 Å². The number of carbonyl (C=O) groups excluding carboxylic acids is 2. The standard InChI is InChI=1S/C11H22N3O8P/c1-5(2)8(10(16)13-6(3)11(17)18)14-9(15)7(12)4-22-23(19,20)21/h5-8H,4,12H2,1-3H3,(H,13,16)(H,14,15)(H,17,18)(H2,19,20,21)/t6-,7-,8-/m0/s1. The van der Waals surface area contributed by atoms with Gasteiger partial charge in [-0.25, -0.2) is 4.57 Å². The Morgan fingerprint density at radius 1 is 1.13 bits per heavy atom. The van der Waals surface area contributed by atoms with Crippen LogP contribution in [0, 0.1) is 5.92 Å². The highest BCUT2D eigenvalue weighted by atomic mass is 31.2. The van der Waals surface area contributed by atoms with Gasteiger partial charge in [0.2, 0.25) is 11.8 Å². The van der Waals surface area contributed by atoms with Gasteiger partial charge in [-0.1, -0.05) is 13.8 Å². The number of aliphatic carboxylic acids is 1. The van der Waals surface area contributed by atoms with Gasteiger partial charge in [0.1, 0.15) is 18.1 Å². The first-order valence-electron chi connectivity index (χ1n) is 6.64. The van der Waals surface area contributed by atoms with Crippen LogP contribution in [0.25, 0.3) is 0 Å². The summed E-state index contributed by atoms with van der Waals surface area (Å²) in [6, 6.07) is -3.62. The molecule has 12 heteroatoms. The minimum absolute atomic E-state index is 0.380. The molecule has 2 amide bonds. The predicted molar refractivity (Wildman–Crippen MR) is 78.0 cm³/mol. The quantitative estimate of drug-likeness (QED) is 0.258. The third-order valence-electron chi connectivity index (χ3n) is 2.74. The highest BCUT2D eigenvalue weighted by Gasteiger charge is 2.29. The molecule has 23 heavy (non-hydrogen) atoms. The summed E-state index contributed by atoms with van der Waals surface area (Å²) in [5, 5.41) is 13.3. The van der Waals surface area contributed by atoms with Crippen LogP contribution in [0.5, 0.6) is 0 Å². The van der Waals surface area contributed by atoms with Crippen molar-refractivity contribution in [3.05, 3.63) is 0 Å². The lowest BCUT2D eigenvalue weighted by molar-refractivity contribution is -0.142. The van der Waals surface area contributed by atoms with Gasteiger partial charge in [-0.3, -0.25) is 18.9 Å². The second-order valence-corrected chi connectivity index (χ2v) is 6.43. The fourth-order valence-electron chi connectivity index (χ4n) is 1.41. The van der Waals surface area contributed by atoms with E-state index < -0.39 is 50.3 Å². The van der Waals surface area contributed by atoms with Crippen molar-refractivity contribution < 1.29 is 38.4 Å². The van der Waals surface area contributed by atoms with E-state index in [0.29, 0.717) is 0 Å². The molecule has 0 aliphatic heterocycles. The van der Waals surface area contributed by atoms with E-state index in [-0.39, 0.29) is 5.92 Å².